The molecule has 86 valence electrons. The van der Waals surface area contributed by atoms with Crippen LogP contribution in [-0.2, 0) is 0 Å². The van der Waals surface area contributed by atoms with Gasteiger partial charge in [0.2, 0.25) is 0 Å². The third-order valence-electron chi connectivity index (χ3n) is 2.16. The van der Waals surface area contributed by atoms with Crippen molar-refractivity contribution in [1.29, 1.82) is 0 Å². The van der Waals surface area contributed by atoms with E-state index in [0.29, 0.717) is 10.7 Å². The normalized spacial score (nSPS) is 10.7. The van der Waals surface area contributed by atoms with Crippen LogP contribution in [0.4, 0.5) is 11.4 Å². The van der Waals surface area contributed by atoms with E-state index in [1.165, 1.54) is 6.34 Å². The third kappa shape index (κ3) is 3.31. The summed E-state index contributed by atoms with van der Waals surface area (Å²) in [5, 5.41) is 11.3. The van der Waals surface area contributed by atoms with E-state index in [2.05, 4.69) is 4.99 Å². The SMILES string of the molecule is ON(C=Nc1ccc(Cl)cc1)c1ccccc1. The van der Waals surface area contributed by atoms with Crippen LogP contribution in [0.1, 0.15) is 0 Å². The molecule has 0 fully saturated rings. The van der Waals surface area contributed by atoms with E-state index in [1.807, 2.05) is 18.2 Å². The highest BCUT2D eigenvalue weighted by Gasteiger charge is 1.97. The van der Waals surface area contributed by atoms with E-state index in [9.17, 15) is 5.21 Å². The molecule has 2 aromatic carbocycles. The maximum atomic E-state index is 9.69. The molecule has 1 N–H and O–H groups in total. The van der Waals surface area contributed by atoms with E-state index in [4.69, 9.17) is 11.6 Å². The molecule has 0 aromatic heterocycles. The molecule has 4 heteroatoms. The quantitative estimate of drug-likeness (QED) is 0.507. The summed E-state index contributed by atoms with van der Waals surface area (Å²) in [5.74, 6) is 0. The fraction of sp³-hybridized carbons (Fsp3) is 0. The zero-order valence-corrected chi connectivity index (χ0v) is 9.75. The second-order valence-electron chi connectivity index (χ2n) is 3.40. The Morgan fingerprint density at radius 2 is 1.65 bits per heavy atom. The third-order valence-corrected chi connectivity index (χ3v) is 2.42. The first-order valence-electron chi connectivity index (χ1n) is 5.08. The van der Waals surface area contributed by atoms with E-state index in [-0.39, 0.29) is 0 Å². The lowest BCUT2D eigenvalue weighted by molar-refractivity contribution is 0.317. The number of anilines is 1. The Bertz CT molecular complexity index is 497. The van der Waals surface area contributed by atoms with Crippen LogP contribution < -0.4 is 5.06 Å². The molecule has 0 aliphatic heterocycles. The lowest BCUT2D eigenvalue weighted by Crippen LogP contribution is -2.14. The fourth-order valence-corrected chi connectivity index (χ4v) is 1.42. The van der Waals surface area contributed by atoms with Crippen LogP contribution in [0.3, 0.4) is 0 Å². The molecular formula is C13H11ClN2O. The Hall–Kier alpha value is -1.84. The molecule has 0 saturated heterocycles. The summed E-state index contributed by atoms with van der Waals surface area (Å²) in [4.78, 5) is 4.12. The number of hydrogen-bond donors (Lipinski definition) is 1. The van der Waals surface area contributed by atoms with Crippen LogP contribution in [0.5, 0.6) is 0 Å². The second kappa shape index (κ2) is 5.48. The van der Waals surface area contributed by atoms with Gasteiger partial charge in [0.25, 0.3) is 0 Å². The van der Waals surface area contributed by atoms with Crippen LogP contribution in [0.2, 0.25) is 5.02 Å². The van der Waals surface area contributed by atoms with E-state index in [0.717, 1.165) is 10.8 Å². The lowest BCUT2D eigenvalue weighted by Gasteiger charge is -2.09. The first-order valence-corrected chi connectivity index (χ1v) is 5.46. The molecule has 0 saturated carbocycles. The minimum absolute atomic E-state index is 0.658. The van der Waals surface area contributed by atoms with Gasteiger partial charge in [-0.1, -0.05) is 29.8 Å². The molecule has 2 rings (SSSR count). The Labute approximate surface area is 105 Å². The van der Waals surface area contributed by atoms with Gasteiger partial charge in [-0.15, -0.1) is 0 Å². The van der Waals surface area contributed by atoms with Gasteiger partial charge in [0.1, 0.15) is 6.34 Å². The number of rotatable bonds is 3. The molecule has 0 bridgehead atoms. The molecule has 3 nitrogen and oxygen atoms in total. The topological polar surface area (TPSA) is 35.8 Å². The van der Waals surface area contributed by atoms with Gasteiger partial charge in [-0.3, -0.25) is 5.21 Å². The first kappa shape index (κ1) is 11.6. The van der Waals surface area contributed by atoms with Crippen LogP contribution >= 0.6 is 11.6 Å². The average molecular weight is 247 g/mol. The van der Waals surface area contributed by atoms with Crippen molar-refractivity contribution in [1.82, 2.24) is 0 Å². The predicted octanol–water partition coefficient (Wildman–Crippen LogP) is 3.90. The highest BCUT2D eigenvalue weighted by atomic mass is 35.5. The second-order valence-corrected chi connectivity index (χ2v) is 3.84. The molecule has 0 amide bonds. The van der Waals surface area contributed by atoms with Gasteiger partial charge >= 0.3 is 0 Å². The summed E-state index contributed by atoms with van der Waals surface area (Å²) >= 11 is 5.76. The van der Waals surface area contributed by atoms with Crippen LogP contribution in [0.15, 0.2) is 59.6 Å². The molecule has 0 aliphatic rings. The van der Waals surface area contributed by atoms with E-state index >= 15 is 0 Å². The zero-order valence-electron chi connectivity index (χ0n) is 8.99. The van der Waals surface area contributed by atoms with Gasteiger partial charge in [0.05, 0.1) is 11.4 Å². The number of benzene rings is 2. The molecule has 0 spiro atoms. The summed E-state index contributed by atoms with van der Waals surface area (Å²) < 4.78 is 0. The van der Waals surface area contributed by atoms with Crippen molar-refractivity contribution >= 4 is 29.3 Å². The summed E-state index contributed by atoms with van der Waals surface area (Å²) in [6.45, 7) is 0. The molecule has 0 unspecified atom stereocenters. The lowest BCUT2D eigenvalue weighted by atomic mass is 10.3. The van der Waals surface area contributed by atoms with Gasteiger partial charge in [0.15, 0.2) is 0 Å². The van der Waals surface area contributed by atoms with Crippen molar-refractivity contribution in [2.75, 3.05) is 5.06 Å². The zero-order chi connectivity index (χ0) is 12.1. The highest BCUT2D eigenvalue weighted by molar-refractivity contribution is 6.30. The summed E-state index contributed by atoms with van der Waals surface area (Å²) in [6.07, 6.45) is 1.35. The number of halogens is 1. The summed E-state index contributed by atoms with van der Waals surface area (Å²) in [5.41, 5.74) is 1.38. The summed E-state index contributed by atoms with van der Waals surface area (Å²) in [7, 11) is 0. The van der Waals surface area contributed by atoms with Crippen LogP contribution in [0.25, 0.3) is 0 Å². The Kier molecular flexibility index (Phi) is 3.75. The minimum atomic E-state index is 0.658. The smallest absolute Gasteiger partial charge is 0.122 e. The van der Waals surface area contributed by atoms with Crippen LogP contribution in [0, 0.1) is 0 Å². The number of aliphatic imine (C=N–C) groups is 1. The maximum absolute atomic E-state index is 9.69. The van der Waals surface area contributed by atoms with Crippen molar-refractivity contribution in [2.45, 2.75) is 0 Å². The average Bonchev–Trinajstić information content (AvgIpc) is 2.39. The predicted molar refractivity (Wildman–Crippen MR) is 70.3 cm³/mol. The number of nitrogens with zero attached hydrogens (tertiary/aromatic N) is 2. The largest absolute Gasteiger partial charge is 0.283 e. The molecule has 0 aliphatic carbocycles. The Balaban J connectivity index is 2.08. The highest BCUT2D eigenvalue weighted by Crippen LogP contribution is 2.16. The van der Waals surface area contributed by atoms with Crippen molar-refractivity contribution in [3.8, 4) is 0 Å². The van der Waals surface area contributed by atoms with Gasteiger partial charge < -0.3 is 0 Å². The summed E-state index contributed by atoms with van der Waals surface area (Å²) in [6, 6.07) is 16.2. The molecule has 0 atom stereocenters. The Morgan fingerprint density at radius 3 is 2.29 bits per heavy atom. The fourth-order valence-electron chi connectivity index (χ4n) is 1.30. The van der Waals surface area contributed by atoms with Gasteiger partial charge in [-0.05, 0) is 36.4 Å². The van der Waals surface area contributed by atoms with E-state index in [1.54, 1.807) is 36.4 Å². The standard InChI is InChI=1S/C13H11ClN2O/c14-11-6-8-12(9-7-11)15-10-16(17)13-4-2-1-3-5-13/h1-10,17H. The van der Waals surface area contributed by atoms with E-state index < -0.39 is 0 Å². The van der Waals surface area contributed by atoms with Crippen LogP contribution in [-0.4, -0.2) is 11.5 Å². The van der Waals surface area contributed by atoms with Crippen molar-refractivity contribution in [3.63, 3.8) is 0 Å². The number of hydroxylamine groups is 1. The van der Waals surface area contributed by atoms with Crippen molar-refractivity contribution in [2.24, 2.45) is 4.99 Å². The van der Waals surface area contributed by atoms with Gasteiger partial charge in [0, 0.05) is 5.02 Å². The van der Waals surface area contributed by atoms with Crippen molar-refractivity contribution < 1.29 is 5.21 Å². The Morgan fingerprint density at radius 1 is 1.00 bits per heavy atom. The molecule has 0 radical (unpaired) electrons. The van der Waals surface area contributed by atoms with Crippen molar-refractivity contribution in [3.05, 3.63) is 59.6 Å². The molecular weight excluding hydrogens is 236 g/mol. The monoisotopic (exact) mass is 246 g/mol. The maximum Gasteiger partial charge on any atom is 0.122 e. The molecule has 17 heavy (non-hydrogen) atoms. The number of para-hydroxylation sites is 1. The number of hydrogen-bond acceptors (Lipinski definition) is 2. The molecule has 2 aromatic rings. The molecule has 0 heterocycles. The van der Waals surface area contributed by atoms with Gasteiger partial charge in [-0.25, -0.2) is 10.1 Å². The first-order chi connectivity index (χ1) is 8.25. The minimum Gasteiger partial charge on any atom is -0.283 e. The van der Waals surface area contributed by atoms with Gasteiger partial charge in [-0.2, -0.15) is 0 Å².